The molecule has 132 valence electrons. The maximum atomic E-state index is 3.56. The summed E-state index contributed by atoms with van der Waals surface area (Å²) in [6.07, 6.45) is 11.1. The summed E-state index contributed by atoms with van der Waals surface area (Å²) in [5.41, 5.74) is 3.90. The van der Waals surface area contributed by atoms with Crippen LogP contribution in [0.4, 0.5) is 0 Å². The summed E-state index contributed by atoms with van der Waals surface area (Å²) in [5, 5.41) is 3.56. The van der Waals surface area contributed by atoms with Crippen LogP contribution in [0.1, 0.15) is 54.8 Å². The largest absolute Gasteiger partial charge is 0.388 e. The molecule has 1 fully saturated rings. The molecule has 1 N–H and O–H groups in total. The van der Waals surface area contributed by atoms with E-state index in [0.29, 0.717) is 12.1 Å². The fourth-order valence-corrected chi connectivity index (χ4v) is 3.76. The van der Waals surface area contributed by atoms with Gasteiger partial charge >= 0.3 is 0 Å². The van der Waals surface area contributed by atoms with E-state index in [4.69, 9.17) is 0 Å². The third-order valence-corrected chi connectivity index (χ3v) is 5.10. The Balaban J connectivity index is 1.66. The second-order valence-electron chi connectivity index (χ2n) is 7.28. The van der Waals surface area contributed by atoms with Gasteiger partial charge in [0, 0.05) is 6.04 Å². The van der Waals surface area contributed by atoms with Crippen molar-refractivity contribution in [2.24, 2.45) is 0 Å². The summed E-state index contributed by atoms with van der Waals surface area (Å²) >= 11 is 0. The fraction of sp³-hybridized carbons (Fsp3) is 0.391. The lowest BCUT2D eigenvalue weighted by Gasteiger charge is -2.25. The van der Waals surface area contributed by atoms with E-state index in [0.717, 1.165) is 0 Å². The lowest BCUT2D eigenvalue weighted by Crippen LogP contribution is -2.26. The maximum Gasteiger partial charge on any atom is 0.0596 e. The van der Waals surface area contributed by atoms with Gasteiger partial charge in [-0.3, -0.25) is 4.90 Å². The van der Waals surface area contributed by atoms with Crippen molar-refractivity contribution >= 4 is 6.08 Å². The first-order valence-corrected chi connectivity index (χ1v) is 9.48. The van der Waals surface area contributed by atoms with Crippen LogP contribution in [0.5, 0.6) is 0 Å². The highest BCUT2D eigenvalue weighted by Gasteiger charge is 2.15. The molecule has 1 aliphatic rings. The molecule has 0 aromatic heterocycles. The van der Waals surface area contributed by atoms with Gasteiger partial charge in [0.15, 0.2) is 0 Å². The summed E-state index contributed by atoms with van der Waals surface area (Å²) in [7, 11) is 4.28. The standard InChI is InChI=1S/C23H30N2/c1-25(2)23(20-9-5-3-6-10-20)21-15-13-19(14-16-21)17-18-24-22-11-7-4-8-12-22/h3,5-6,9-10,13-18,22-24H,4,7-8,11-12H2,1-2H3. The highest BCUT2D eigenvalue weighted by Crippen LogP contribution is 2.26. The van der Waals surface area contributed by atoms with Gasteiger partial charge in [-0.25, -0.2) is 0 Å². The van der Waals surface area contributed by atoms with Gasteiger partial charge in [-0.05, 0) is 55.9 Å². The normalized spacial score (nSPS) is 17.1. The molecule has 1 unspecified atom stereocenters. The van der Waals surface area contributed by atoms with Gasteiger partial charge in [-0.2, -0.15) is 0 Å². The molecule has 25 heavy (non-hydrogen) atoms. The minimum Gasteiger partial charge on any atom is -0.388 e. The van der Waals surface area contributed by atoms with Gasteiger partial charge in [0.05, 0.1) is 6.04 Å². The van der Waals surface area contributed by atoms with E-state index in [1.165, 1.54) is 48.8 Å². The van der Waals surface area contributed by atoms with E-state index in [9.17, 15) is 0 Å². The molecule has 0 aliphatic heterocycles. The lowest BCUT2D eigenvalue weighted by atomic mass is 9.95. The van der Waals surface area contributed by atoms with Crippen molar-refractivity contribution in [3.8, 4) is 0 Å². The van der Waals surface area contributed by atoms with Gasteiger partial charge in [0.2, 0.25) is 0 Å². The van der Waals surface area contributed by atoms with E-state index in [-0.39, 0.29) is 0 Å². The van der Waals surface area contributed by atoms with Crippen molar-refractivity contribution in [2.75, 3.05) is 14.1 Å². The van der Waals surface area contributed by atoms with Gasteiger partial charge in [0.25, 0.3) is 0 Å². The molecule has 2 nitrogen and oxygen atoms in total. The van der Waals surface area contributed by atoms with Crippen LogP contribution in [-0.4, -0.2) is 25.0 Å². The average Bonchev–Trinajstić information content (AvgIpc) is 2.65. The zero-order valence-electron chi connectivity index (χ0n) is 15.5. The predicted octanol–water partition coefficient (Wildman–Crippen LogP) is 5.23. The van der Waals surface area contributed by atoms with Crippen molar-refractivity contribution in [3.05, 3.63) is 77.5 Å². The minimum absolute atomic E-state index is 0.291. The minimum atomic E-state index is 0.291. The summed E-state index contributed by atoms with van der Waals surface area (Å²) in [4.78, 5) is 2.27. The molecule has 1 aliphatic carbocycles. The molecule has 0 heterocycles. The Bertz CT molecular complexity index is 652. The number of nitrogens with zero attached hydrogens (tertiary/aromatic N) is 1. The molecule has 1 saturated carbocycles. The van der Waals surface area contributed by atoms with Gasteiger partial charge < -0.3 is 5.32 Å². The van der Waals surface area contributed by atoms with Crippen LogP contribution in [0.2, 0.25) is 0 Å². The summed E-state index contributed by atoms with van der Waals surface area (Å²) in [6, 6.07) is 20.6. The van der Waals surface area contributed by atoms with E-state index in [1.807, 2.05) is 0 Å². The molecule has 2 aromatic rings. The first-order valence-electron chi connectivity index (χ1n) is 9.48. The second kappa shape index (κ2) is 8.87. The van der Waals surface area contributed by atoms with E-state index in [2.05, 4.69) is 91.2 Å². The van der Waals surface area contributed by atoms with E-state index >= 15 is 0 Å². The lowest BCUT2D eigenvalue weighted by molar-refractivity contribution is 0.342. The first kappa shape index (κ1) is 17.8. The third-order valence-electron chi connectivity index (χ3n) is 5.10. The Morgan fingerprint density at radius 2 is 1.52 bits per heavy atom. The summed E-state index contributed by atoms with van der Waals surface area (Å²) in [5.74, 6) is 0. The SMILES string of the molecule is CN(C)C(c1ccccc1)c1ccc(C=CNC2CCCCC2)cc1. The second-order valence-corrected chi connectivity index (χ2v) is 7.28. The molecule has 3 rings (SSSR count). The van der Waals surface area contributed by atoms with E-state index < -0.39 is 0 Å². The predicted molar refractivity (Wildman–Crippen MR) is 107 cm³/mol. The van der Waals surface area contributed by atoms with Crippen molar-refractivity contribution in [1.82, 2.24) is 10.2 Å². The maximum absolute atomic E-state index is 3.56. The molecule has 1 atom stereocenters. The van der Waals surface area contributed by atoms with Crippen LogP contribution < -0.4 is 5.32 Å². The van der Waals surface area contributed by atoms with Gasteiger partial charge in [-0.15, -0.1) is 0 Å². The van der Waals surface area contributed by atoms with E-state index in [1.54, 1.807) is 0 Å². The molecular weight excluding hydrogens is 304 g/mol. The number of hydrogen-bond acceptors (Lipinski definition) is 2. The van der Waals surface area contributed by atoms with Crippen LogP contribution in [0.25, 0.3) is 6.08 Å². The average molecular weight is 335 g/mol. The zero-order chi connectivity index (χ0) is 17.5. The smallest absolute Gasteiger partial charge is 0.0596 e. The molecule has 0 spiro atoms. The van der Waals surface area contributed by atoms with Crippen molar-refractivity contribution in [3.63, 3.8) is 0 Å². The highest BCUT2D eigenvalue weighted by molar-refractivity contribution is 5.50. The van der Waals surface area contributed by atoms with Crippen molar-refractivity contribution in [2.45, 2.75) is 44.2 Å². The molecule has 0 amide bonds. The molecule has 0 bridgehead atoms. The van der Waals surface area contributed by atoms with Crippen LogP contribution in [0.15, 0.2) is 60.8 Å². The fourth-order valence-electron chi connectivity index (χ4n) is 3.76. The third kappa shape index (κ3) is 4.96. The van der Waals surface area contributed by atoms with Crippen molar-refractivity contribution in [1.29, 1.82) is 0 Å². The van der Waals surface area contributed by atoms with Crippen LogP contribution in [0, 0.1) is 0 Å². The summed E-state index contributed by atoms with van der Waals surface area (Å²) < 4.78 is 0. The Morgan fingerprint density at radius 3 is 2.16 bits per heavy atom. The van der Waals surface area contributed by atoms with Gasteiger partial charge in [0.1, 0.15) is 0 Å². The Hall–Kier alpha value is -2.06. The quantitative estimate of drug-likeness (QED) is 0.778. The number of benzene rings is 2. The van der Waals surface area contributed by atoms with Crippen molar-refractivity contribution < 1.29 is 0 Å². The van der Waals surface area contributed by atoms with Crippen LogP contribution in [-0.2, 0) is 0 Å². The Morgan fingerprint density at radius 1 is 0.880 bits per heavy atom. The monoisotopic (exact) mass is 334 g/mol. The molecule has 2 heteroatoms. The number of rotatable bonds is 6. The number of nitrogens with one attached hydrogen (secondary N) is 1. The number of hydrogen-bond donors (Lipinski definition) is 1. The highest BCUT2D eigenvalue weighted by atomic mass is 15.1. The Labute approximate surface area is 152 Å². The molecular formula is C23H30N2. The Kier molecular flexibility index (Phi) is 6.30. The zero-order valence-corrected chi connectivity index (χ0v) is 15.5. The molecule has 0 radical (unpaired) electrons. The molecule has 2 aromatic carbocycles. The summed E-state index contributed by atoms with van der Waals surface area (Å²) in [6.45, 7) is 0. The first-order chi connectivity index (χ1) is 12.2. The topological polar surface area (TPSA) is 15.3 Å². The molecule has 0 saturated heterocycles. The van der Waals surface area contributed by atoms with Crippen LogP contribution >= 0.6 is 0 Å². The van der Waals surface area contributed by atoms with Crippen LogP contribution in [0.3, 0.4) is 0 Å². The van der Waals surface area contributed by atoms with Gasteiger partial charge in [-0.1, -0.05) is 73.9 Å².